The number of pyridine rings is 1. The molecule has 17 heavy (non-hydrogen) atoms. The van der Waals surface area contributed by atoms with Crippen molar-refractivity contribution in [3.63, 3.8) is 0 Å². The number of hydrogen-bond acceptors (Lipinski definition) is 3. The molecule has 0 spiro atoms. The Morgan fingerprint density at radius 1 is 1.41 bits per heavy atom. The number of aromatic nitrogens is 1. The van der Waals surface area contributed by atoms with E-state index in [1.165, 1.54) is 0 Å². The number of hydrogen-bond donors (Lipinski definition) is 0. The van der Waals surface area contributed by atoms with Crippen LogP contribution in [0, 0.1) is 11.3 Å². The van der Waals surface area contributed by atoms with Crippen molar-refractivity contribution in [1.29, 1.82) is 5.26 Å². The van der Waals surface area contributed by atoms with Gasteiger partial charge in [0.15, 0.2) is 0 Å². The summed E-state index contributed by atoms with van der Waals surface area (Å²) in [5.74, 6) is 0.559. The van der Waals surface area contributed by atoms with Gasteiger partial charge in [0.1, 0.15) is 5.75 Å². The van der Waals surface area contributed by atoms with E-state index < -0.39 is 0 Å². The molecule has 2 aromatic rings. The molecule has 1 atom stereocenters. The fourth-order valence-electron chi connectivity index (χ4n) is 1.83. The van der Waals surface area contributed by atoms with Gasteiger partial charge < -0.3 is 4.74 Å². The average molecular weight is 291 g/mol. The standard InChI is InChI=1S/C13H11BrN2O/c1-17-12-4-2-3-11-10(12)5-6-16-13(11)9(7-14)8-15/h2-6,9H,7H2,1H3. The van der Waals surface area contributed by atoms with Gasteiger partial charge in [0.25, 0.3) is 0 Å². The Bertz CT molecular complexity index is 577. The SMILES string of the molecule is COc1cccc2c(C(C#N)CBr)nccc12. The second kappa shape index (κ2) is 5.15. The van der Waals surface area contributed by atoms with E-state index in [0.717, 1.165) is 22.2 Å². The van der Waals surface area contributed by atoms with E-state index >= 15 is 0 Å². The van der Waals surface area contributed by atoms with Crippen molar-refractivity contribution < 1.29 is 4.74 Å². The van der Waals surface area contributed by atoms with E-state index in [4.69, 9.17) is 10.00 Å². The Morgan fingerprint density at radius 2 is 2.24 bits per heavy atom. The number of benzene rings is 1. The Morgan fingerprint density at radius 3 is 2.88 bits per heavy atom. The summed E-state index contributed by atoms with van der Waals surface area (Å²) in [6, 6.07) is 9.93. The van der Waals surface area contributed by atoms with E-state index in [0.29, 0.717) is 5.33 Å². The lowest BCUT2D eigenvalue weighted by Gasteiger charge is -2.10. The Kier molecular flexibility index (Phi) is 3.60. The zero-order chi connectivity index (χ0) is 12.3. The van der Waals surface area contributed by atoms with E-state index in [9.17, 15) is 0 Å². The molecule has 3 nitrogen and oxygen atoms in total. The molecule has 0 saturated heterocycles. The van der Waals surface area contributed by atoms with Gasteiger partial charge in [0.05, 0.1) is 24.8 Å². The molecule has 1 heterocycles. The van der Waals surface area contributed by atoms with Crippen molar-refractivity contribution in [3.05, 3.63) is 36.2 Å². The van der Waals surface area contributed by atoms with Crippen LogP contribution in [-0.2, 0) is 0 Å². The Hall–Kier alpha value is -1.60. The fourth-order valence-corrected chi connectivity index (χ4v) is 2.28. The molecule has 0 aliphatic heterocycles. The number of rotatable bonds is 3. The predicted molar refractivity (Wildman–Crippen MR) is 70.4 cm³/mol. The number of ether oxygens (including phenoxy) is 1. The third-order valence-corrected chi connectivity index (χ3v) is 3.30. The molecule has 0 radical (unpaired) electrons. The molecule has 2 rings (SSSR count). The third-order valence-electron chi connectivity index (χ3n) is 2.66. The predicted octanol–water partition coefficient (Wildman–Crippen LogP) is 3.25. The van der Waals surface area contributed by atoms with Crippen molar-refractivity contribution >= 4 is 26.7 Å². The molecule has 86 valence electrons. The molecular formula is C13H11BrN2O. The normalized spacial score (nSPS) is 12.1. The highest BCUT2D eigenvalue weighted by Crippen LogP contribution is 2.30. The number of nitrogens with zero attached hydrogens (tertiary/aromatic N) is 2. The van der Waals surface area contributed by atoms with Gasteiger partial charge in [-0.05, 0) is 12.1 Å². The van der Waals surface area contributed by atoms with Crippen molar-refractivity contribution in [2.75, 3.05) is 12.4 Å². The number of methoxy groups -OCH3 is 1. The van der Waals surface area contributed by atoms with Crippen LogP contribution < -0.4 is 4.74 Å². The fraction of sp³-hybridized carbons (Fsp3) is 0.231. The lowest BCUT2D eigenvalue weighted by atomic mass is 10.0. The van der Waals surface area contributed by atoms with Gasteiger partial charge in [-0.1, -0.05) is 28.1 Å². The molecule has 0 bridgehead atoms. The zero-order valence-electron chi connectivity index (χ0n) is 9.35. The van der Waals surface area contributed by atoms with Crippen molar-refractivity contribution in [2.24, 2.45) is 0 Å². The third kappa shape index (κ3) is 2.11. The minimum Gasteiger partial charge on any atom is -0.496 e. The minimum atomic E-state index is -0.245. The summed E-state index contributed by atoms with van der Waals surface area (Å²) in [5, 5.41) is 11.6. The van der Waals surface area contributed by atoms with Gasteiger partial charge in [0, 0.05) is 22.3 Å². The molecule has 0 aliphatic rings. The summed E-state index contributed by atoms with van der Waals surface area (Å²) < 4.78 is 5.31. The van der Waals surface area contributed by atoms with Crippen LogP contribution in [0.4, 0.5) is 0 Å². The van der Waals surface area contributed by atoms with Gasteiger partial charge in [-0.2, -0.15) is 5.26 Å². The van der Waals surface area contributed by atoms with Crippen LogP contribution in [0.25, 0.3) is 10.8 Å². The van der Waals surface area contributed by atoms with Crippen LogP contribution in [0.3, 0.4) is 0 Å². The summed E-state index contributed by atoms with van der Waals surface area (Å²) in [4.78, 5) is 4.32. The smallest absolute Gasteiger partial charge is 0.126 e. The van der Waals surface area contributed by atoms with Crippen LogP contribution in [0.5, 0.6) is 5.75 Å². The van der Waals surface area contributed by atoms with Crippen LogP contribution in [-0.4, -0.2) is 17.4 Å². The quantitative estimate of drug-likeness (QED) is 0.815. The van der Waals surface area contributed by atoms with Crippen molar-refractivity contribution in [1.82, 2.24) is 4.98 Å². The van der Waals surface area contributed by atoms with Gasteiger partial charge in [-0.15, -0.1) is 0 Å². The maximum Gasteiger partial charge on any atom is 0.126 e. The number of alkyl halides is 1. The molecule has 0 N–H and O–H groups in total. The summed E-state index contributed by atoms with van der Waals surface area (Å²) in [6.45, 7) is 0. The number of nitriles is 1. The maximum absolute atomic E-state index is 9.11. The Labute approximate surface area is 108 Å². The maximum atomic E-state index is 9.11. The minimum absolute atomic E-state index is 0.245. The largest absolute Gasteiger partial charge is 0.496 e. The van der Waals surface area contributed by atoms with E-state index in [-0.39, 0.29) is 5.92 Å². The molecule has 0 saturated carbocycles. The highest BCUT2D eigenvalue weighted by atomic mass is 79.9. The first-order chi connectivity index (χ1) is 8.31. The van der Waals surface area contributed by atoms with Gasteiger partial charge >= 0.3 is 0 Å². The molecule has 0 fully saturated rings. The summed E-state index contributed by atoms with van der Waals surface area (Å²) in [7, 11) is 1.64. The van der Waals surface area contributed by atoms with Crippen LogP contribution in [0.1, 0.15) is 11.6 Å². The first kappa shape index (κ1) is 11.9. The summed E-state index contributed by atoms with van der Waals surface area (Å²) >= 11 is 3.34. The number of fused-ring (bicyclic) bond motifs is 1. The zero-order valence-corrected chi connectivity index (χ0v) is 10.9. The molecule has 1 unspecified atom stereocenters. The first-order valence-corrected chi connectivity index (χ1v) is 6.31. The van der Waals surface area contributed by atoms with Gasteiger partial charge in [-0.3, -0.25) is 4.98 Å². The average Bonchev–Trinajstić information content (AvgIpc) is 2.39. The first-order valence-electron chi connectivity index (χ1n) is 5.19. The topological polar surface area (TPSA) is 45.9 Å². The molecule has 4 heteroatoms. The molecule has 1 aromatic carbocycles. The highest BCUT2D eigenvalue weighted by Gasteiger charge is 2.15. The van der Waals surface area contributed by atoms with E-state index in [1.54, 1.807) is 13.3 Å². The highest BCUT2D eigenvalue weighted by molar-refractivity contribution is 9.09. The second-order valence-electron chi connectivity index (χ2n) is 3.59. The van der Waals surface area contributed by atoms with Crippen molar-refractivity contribution in [2.45, 2.75) is 5.92 Å². The van der Waals surface area contributed by atoms with Crippen LogP contribution in [0.15, 0.2) is 30.5 Å². The van der Waals surface area contributed by atoms with Crippen LogP contribution in [0.2, 0.25) is 0 Å². The molecule has 1 aromatic heterocycles. The molecule has 0 aliphatic carbocycles. The monoisotopic (exact) mass is 290 g/mol. The van der Waals surface area contributed by atoms with E-state index in [2.05, 4.69) is 27.0 Å². The number of halogens is 1. The lowest BCUT2D eigenvalue weighted by Crippen LogP contribution is -2.01. The lowest BCUT2D eigenvalue weighted by molar-refractivity contribution is 0.420. The van der Waals surface area contributed by atoms with E-state index in [1.807, 2.05) is 24.3 Å². The second-order valence-corrected chi connectivity index (χ2v) is 4.24. The van der Waals surface area contributed by atoms with Crippen molar-refractivity contribution in [3.8, 4) is 11.8 Å². The molecular weight excluding hydrogens is 280 g/mol. The van der Waals surface area contributed by atoms with Gasteiger partial charge in [0.2, 0.25) is 0 Å². The Balaban J connectivity index is 2.70. The summed E-state index contributed by atoms with van der Waals surface area (Å²) in [6.07, 6.45) is 1.72. The summed E-state index contributed by atoms with van der Waals surface area (Å²) in [5.41, 5.74) is 0.792. The molecule has 0 amide bonds. The van der Waals surface area contributed by atoms with Crippen LogP contribution >= 0.6 is 15.9 Å². The van der Waals surface area contributed by atoms with Gasteiger partial charge in [-0.25, -0.2) is 0 Å².